The van der Waals surface area contributed by atoms with Gasteiger partial charge in [-0.05, 0) is 19.3 Å². The van der Waals surface area contributed by atoms with Gasteiger partial charge >= 0.3 is 0 Å². The predicted octanol–water partition coefficient (Wildman–Crippen LogP) is 2.60. The number of ether oxygens (including phenoxy) is 1. The lowest BCUT2D eigenvalue weighted by molar-refractivity contribution is 0.0887. The van der Waals surface area contributed by atoms with Crippen molar-refractivity contribution in [3.8, 4) is 0 Å². The molecule has 0 radical (unpaired) electrons. The molecule has 0 aliphatic rings. The molecule has 0 heterocycles. The topological polar surface area (TPSA) is 63.6 Å². The zero-order valence-corrected chi connectivity index (χ0v) is 10.4. The summed E-state index contributed by atoms with van der Waals surface area (Å²) in [6.45, 7) is 4.44. The van der Waals surface area contributed by atoms with Crippen LogP contribution in [0, 0.1) is 0 Å². The maximum absolute atomic E-state index is 10.9. The van der Waals surface area contributed by atoms with E-state index in [0.29, 0.717) is 13.0 Å². The lowest BCUT2D eigenvalue weighted by Gasteiger charge is -2.14. The van der Waals surface area contributed by atoms with Crippen LogP contribution < -0.4 is 0 Å². The summed E-state index contributed by atoms with van der Waals surface area (Å²) >= 11 is 0. The van der Waals surface area contributed by atoms with Crippen LogP contribution in [0.25, 0.3) is 0 Å². The lowest BCUT2D eigenvalue weighted by atomic mass is 10.2. The molecule has 0 saturated heterocycles. The van der Waals surface area contributed by atoms with Gasteiger partial charge in [-0.1, -0.05) is 33.1 Å². The maximum Gasteiger partial charge on any atom is 0.292 e. The molecule has 0 spiro atoms. The first kappa shape index (κ1) is 14.9. The molecule has 0 saturated carbocycles. The summed E-state index contributed by atoms with van der Waals surface area (Å²) in [7, 11) is -4.05. The molecule has 0 aromatic carbocycles. The summed E-state index contributed by atoms with van der Waals surface area (Å²) in [5, 5.41) is 0. The van der Waals surface area contributed by atoms with E-state index in [-0.39, 0.29) is 0 Å². The van der Waals surface area contributed by atoms with Gasteiger partial charge in [0.25, 0.3) is 10.1 Å². The van der Waals surface area contributed by atoms with Gasteiger partial charge in [-0.2, -0.15) is 8.42 Å². The van der Waals surface area contributed by atoms with Gasteiger partial charge in [0.15, 0.2) is 5.44 Å². The molecule has 1 N–H and O–H groups in total. The molecule has 0 rings (SSSR count). The maximum atomic E-state index is 10.9. The Labute approximate surface area is 92.8 Å². The number of rotatable bonds is 9. The fourth-order valence-corrected chi connectivity index (χ4v) is 1.99. The van der Waals surface area contributed by atoms with Crippen LogP contribution in [0.3, 0.4) is 0 Å². The lowest BCUT2D eigenvalue weighted by Crippen LogP contribution is -2.24. The second kappa shape index (κ2) is 8.07. The summed E-state index contributed by atoms with van der Waals surface area (Å²) in [6.07, 6.45) is 4.94. The summed E-state index contributed by atoms with van der Waals surface area (Å²) < 4.78 is 35.9. The Bertz CT molecular complexity index is 236. The normalized spacial score (nSPS) is 14.1. The highest BCUT2D eigenvalue weighted by molar-refractivity contribution is 7.86. The highest BCUT2D eigenvalue weighted by atomic mass is 32.2. The fourth-order valence-electron chi connectivity index (χ4n) is 1.26. The Hall–Kier alpha value is -0.130. The third-order valence-electron chi connectivity index (χ3n) is 2.18. The van der Waals surface area contributed by atoms with Crippen LogP contribution in [0.15, 0.2) is 0 Å². The van der Waals surface area contributed by atoms with E-state index in [0.717, 1.165) is 32.1 Å². The van der Waals surface area contributed by atoms with Crippen LogP contribution >= 0.6 is 0 Å². The summed E-state index contributed by atoms with van der Waals surface area (Å²) in [5.74, 6) is 0. The van der Waals surface area contributed by atoms with Crippen molar-refractivity contribution in [3.05, 3.63) is 0 Å². The Balaban J connectivity index is 3.92. The summed E-state index contributed by atoms with van der Waals surface area (Å²) in [4.78, 5) is 0. The van der Waals surface area contributed by atoms with E-state index in [9.17, 15) is 8.42 Å². The first-order valence-corrected chi connectivity index (χ1v) is 7.10. The standard InChI is InChI=1S/C10H22O4S/c1-3-5-7-9-14-10(8-6-4-2)15(11,12)13/h10H,3-9H2,1-2H3,(H,11,12,13). The SMILES string of the molecule is CCCCCOC(CCCC)S(=O)(=O)O. The first-order chi connectivity index (χ1) is 7.02. The van der Waals surface area contributed by atoms with E-state index in [4.69, 9.17) is 9.29 Å². The van der Waals surface area contributed by atoms with Crippen molar-refractivity contribution in [2.75, 3.05) is 6.61 Å². The van der Waals surface area contributed by atoms with E-state index in [1.807, 2.05) is 6.92 Å². The average molecular weight is 238 g/mol. The van der Waals surface area contributed by atoms with Crippen LogP contribution in [-0.4, -0.2) is 25.0 Å². The van der Waals surface area contributed by atoms with E-state index in [2.05, 4.69) is 6.92 Å². The smallest absolute Gasteiger partial charge is 0.292 e. The van der Waals surface area contributed by atoms with Crippen molar-refractivity contribution in [2.24, 2.45) is 0 Å². The second-order valence-electron chi connectivity index (χ2n) is 3.66. The van der Waals surface area contributed by atoms with Gasteiger partial charge < -0.3 is 4.74 Å². The largest absolute Gasteiger partial charge is 0.360 e. The van der Waals surface area contributed by atoms with E-state index >= 15 is 0 Å². The molecule has 1 unspecified atom stereocenters. The molecule has 15 heavy (non-hydrogen) atoms. The molecule has 0 aromatic rings. The van der Waals surface area contributed by atoms with Crippen molar-refractivity contribution < 1.29 is 17.7 Å². The molecule has 0 aliphatic heterocycles. The van der Waals surface area contributed by atoms with Crippen LogP contribution in [-0.2, 0) is 14.9 Å². The fraction of sp³-hybridized carbons (Fsp3) is 1.00. The molecular weight excluding hydrogens is 216 g/mol. The van der Waals surface area contributed by atoms with Crippen molar-refractivity contribution in [1.82, 2.24) is 0 Å². The van der Waals surface area contributed by atoms with Crippen LogP contribution in [0.2, 0.25) is 0 Å². The van der Waals surface area contributed by atoms with Gasteiger partial charge in [-0.3, -0.25) is 4.55 Å². The molecule has 0 bridgehead atoms. The van der Waals surface area contributed by atoms with Crippen molar-refractivity contribution in [3.63, 3.8) is 0 Å². The molecule has 4 nitrogen and oxygen atoms in total. The van der Waals surface area contributed by atoms with E-state index in [1.54, 1.807) is 0 Å². The van der Waals surface area contributed by atoms with Crippen molar-refractivity contribution >= 4 is 10.1 Å². The molecule has 5 heteroatoms. The average Bonchev–Trinajstić information content (AvgIpc) is 2.15. The van der Waals surface area contributed by atoms with Gasteiger partial charge in [0.1, 0.15) is 0 Å². The Morgan fingerprint density at radius 3 is 2.20 bits per heavy atom. The van der Waals surface area contributed by atoms with Crippen LogP contribution in [0.1, 0.15) is 52.4 Å². The molecular formula is C10H22O4S. The monoisotopic (exact) mass is 238 g/mol. The van der Waals surface area contributed by atoms with E-state index in [1.165, 1.54) is 0 Å². The zero-order chi connectivity index (χ0) is 11.7. The van der Waals surface area contributed by atoms with Crippen molar-refractivity contribution in [2.45, 2.75) is 57.8 Å². The third kappa shape index (κ3) is 7.76. The minimum atomic E-state index is -4.05. The number of hydrogen-bond donors (Lipinski definition) is 1. The highest BCUT2D eigenvalue weighted by Crippen LogP contribution is 2.11. The number of unbranched alkanes of at least 4 members (excludes halogenated alkanes) is 3. The van der Waals surface area contributed by atoms with E-state index < -0.39 is 15.6 Å². The molecule has 0 aliphatic carbocycles. The Morgan fingerprint density at radius 1 is 1.13 bits per heavy atom. The summed E-state index contributed by atoms with van der Waals surface area (Å²) in [6, 6.07) is 0. The molecule has 0 fully saturated rings. The van der Waals surface area contributed by atoms with Crippen LogP contribution in [0.5, 0.6) is 0 Å². The van der Waals surface area contributed by atoms with Gasteiger partial charge in [-0.25, -0.2) is 0 Å². The molecule has 0 aromatic heterocycles. The zero-order valence-electron chi connectivity index (χ0n) is 9.61. The molecule has 0 amide bonds. The number of hydrogen-bond acceptors (Lipinski definition) is 3. The quantitative estimate of drug-likeness (QED) is 0.495. The van der Waals surface area contributed by atoms with Crippen molar-refractivity contribution in [1.29, 1.82) is 0 Å². The molecule has 92 valence electrons. The third-order valence-corrected chi connectivity index (χ3v) is 3.21. The highest BCUT2D eigenvalue weighted by Gasteiger charge is 2.22. The van der Waals surface area contributed by atoms with Gasteiger partial charge in [-0.15, -0.1) is 0 Å². The Morgan fingerprint density at radius 2 is 1.73 bits per heavy atom. The predicted molar refractivity (Wildman–Crippen MR) is 60.3 cm³/mol. The molecule has 1 atom stereocenters. The minimum absolute atomic E-state index is 0.376. The second-order valence-corrected chi connectivity index (χ2v) is 5.22. The van der Waals surface area contributed by atoms with Crippen LogP contribution in [0.4, 0.5) is 0 Å². The first-order valence-electron chi connectivity index (χ1n) is 5.60. The van der Waals surface area contributed by atoms with Gasteiger partial charge in [0.2, 0.25) is 0 Å². The van der Waals surface area contributed by atoms with Gasteiger partial charge in [0, 0.05) is 6.61 Å². The van der Waals surface area contributed by atoms with Gasteiger partial charge in [0.05, 0.1) is 0 Å². The minimum Gasteiger partial charge on any atom is -0.360 e. The Kier molecular flexibility index (Phi) is 8.00. The summed E-state index contributed by atoms with van der Waals surface area (Å²) in [5.41, 5.74) is -1.03.